The minimum atomic E-state index is -0.730. The molecule has 0 radical (unpaired) electrons. The maximum Gasteiger partial charge on any atom is 0.303 e. The first-order valence-electron chi connectivity index (χ1n) is 9.29. The Morgan fingerprint density at radius 2 is 1.62 bits per heavy atom. The Hall–Kier alpha value is -1.36. The number of carboxylic acids is 1. The smallest absolute Gasteiger partial charge is 0.303 e. The van der Waals surface area contributed by atoms with E-state index < -0.39 is 5.97 Å². The van der Waals surface area contributed by atoms with Crippen LogP contribution >= 0.6 is 0 Å². The highest BCUT2D eigenvalue weighted by Crippen LogP contribution is 2.38. The van der Waals surface area contributed by atoms with Crippen molar-refractivity contribution in [2.45, 2.75) is 71.6 Å². The van der Waals surface area contributed by atoms with Gasteiger partial charge >= 0.3 is 5.97 Å². The molecule has 1 aliphatic carbocycles. The number of carboxylic acid groups (broad SMARTS) is 1. The van der Waals surface area contributed by atoms with E-state index in [1.165, 1.54) is 45.7 Å². The summed E-state index contributed by atoms with van der Waals surface area (Å²) >= 11 is 0. The van der Waals surface area contributed by atoms with E-state index in [0.717, 1.165) is 31.4 Å². The van der Waals surface area contributed by atoms with Crippen LogP contribution in [0, 0.1) is 5.41 Å². The second-order valence-electron chi connectivity index (χ2n) is 7.23. The van der Waals surface area contributed by atoms with Crippen molar-refractivity contribution in [3.63, 3.8) is 0 Å². The Balaban J connectivity index is 0.000000400. The number of ketones is 1. The summed E-state index contributed by atoms with van der Waals surface area (Å²) in [7, 11) is 0. The maximum absolute atomic E-state index is 11.0. The van der Waals surface area contributed by atoms with Crippen LogP contribution in [-0.2, 0) is 9.59 Å². The molecule has 5 nitrogen and oxygen atoms in total. The lowest BCUT2D eigenvalue weighted by atomic mass is 9.71. The predicted molar refractivity (Wildman–Crippen MR) is 96.9 cm³/mol. The van der Waals surface area contributed by atoms with E-state index >= 15 is 0 Å². The quantitative estimate of drug-likeness (QED) is 0.648. The molecule has 1 aliphatic heterocycles. The zero-order valence-electron chi connectivity index (χ0n) is 15.3. The number of hydrogen-bond acceptors (Lipinski definition) is 4. The van der Waals surface area contributed by atoms with Gasteiger partial charge in [-0.05, 0) is 64.1 Å². The van der Waals surface area contributed by atoms with E-state index in [1.54, 1.807) is 6.08 Å². The Bertz CT molecular complexity index is 411. The normalized spacial score (nSPS) is 20.5. The SMILES string of the molecule is C1CCNCC1.CC(=O)C=C(C)NCC1(CC(=O)O)CCCCC1. The number of aliphatic carboxylic acids is 1. The number of rotatable bonds is 6. The topological polar surface area (TPSA) is 78.4 Å². The van der Waals surface area contributed by atoms with Gasteiger partial charge in [-0.15, -0.1) is 0 Å². The third kappa shape index (κ3) is 9.06. The summed E-state index contributed by atoms with van der Waals surface area (Å²) in [5, 5.41) is 15.5. The Morgan fingerprint density at radius 3 is 2.04 bits per heavy atom. The molecule has 0 aromatic carbocycles. The van der Waals surface area contributed by atoms with Gasteiger partial charge in [-0.25, -0.2) is 0 Å². The second-order valence-corrected chi connectivity index (χ2v) is 7.23. The monoisotopic (exact) mass is 338 g/mol. The first-order chi connectivity index (χ1) is 11.4. The van der Waals surface area contributed by atoms with E-state index in [2.05, 4.69) is 10.6 Å². The lowest BCUT2D eigenvalue weighted by Crippen LogP contribution is -2.37. The van der Waals surface area contributed by atoms with Crippen LogP contribution in [0.5, 0.6) is 0 Å². The second kappa shape index (κ2) is 11.2. The van der Waals surface area contributed by atoms with Crippen LogP contribution in [0.25, 0.3) is 0 Å². The molecule has 2 aliphatic rings. The number of nitrogens with one attached hydrogen (secondary N) is 2. The fourth-order valence-corrected chi connectivity index (χ4v) is 3.52. The Morgan fingerprint density at radius 1 is 1.04 bits per heavy atom. The molecule has 3 N–H and O–H groups in total. The number of hydrogen-bond donors (Lipinski definition) is 3. The molecule has 2 rings (SSSR count). The fraction of sp³-hybridized carbons (Fsp3) is 0.789. The van der Waals surface area contributed by atoms with Crippen molar-refractivity contribution in [2.24, 2.45) is 5.41 Å². The zero-order chi connectivity index (χ0) is 17.8. The molecule has 0 unspecified atom stereocenters. The van der Waals surface area contributed by atoms with Gasteiger partial charge in [0.15, 0.2) is 5.78 Å². The van der Waals surface area contributed by atoms with E-state index in [-0.39, 0.29) is 17.6 Å². The lowest BCUT2D eigenvalue weighted by molar-refractivity contribution is -0.140. The highest BCUT2D eigenvalue weighted by Gasteiger charge is 2.34. The molecule has 24 heavy (non-hydrogen) atoms. The number of allylic oxidation sites excluding steroid dienone is 2. The van der Waals surface area contributed by atoms with Gasteiger partial charge in [0.05, 0.1) is 6.42 Å². The first kappa shape index (κ1) is 20.7. The zero-order valence-corrected chi connectivity index (χ0v) is 15.3. The Kier molecular flexibility index (Phi) is 9.69. The van der Waals surface area contributed by atoms with Gasteiger partial charge < -0.3 is 15.7 Å². The van der Waals surface area contributed by atoms with Crippen molar-refractivity contribution in [3.05, 3.63) is 11.8 Å². The van der Waals surface area contributed by atoms with Crippen LogP contribution in [0.2, 0.25) is 0 Å². The predicted octanol–water partition coefficient (Wildman–Crippen LogP) is 3.25. The lowest BCUT2D eigenvalue weighted by Gasteiger charge is -2.36. The average Bonchev–Trinajstić information content (AvgIpc) is 2.55. The molecule has 1 heterocycles. The minimum absolute atomic E-state index is 0.0101. The van der Waals surface area contributed by atoms with Gasteiger partial charge in [0.2, 0.25) is 0 Å². The molecule has 1 saturated carbocycles. The number of carbonyl (C=O) groups is 2. The van der Waals surface area contributed by atoms with Crippen molar-refractivity contribution >= 4 is 11.8 Å². The number of piperidine rings is 1. The van der Waals surface area contributed by atoms with Crippen molar-refractivity contribution in [1.29, 1.82) is 0 Å². The van der Waals surface area contributed by atoms with E-state index in [4.69, 9.17) is 5.11 Å². The summed E-state index contributed by atoms with van der Waals surface area (Å²) < 4.78 is 0. The summed E-state index contributed by atoms with van der Waals surface area (Å²) in [6.07, 6.45) is 11.3. The van der Waals surface area contributed by atoms with Crippen LogP contribution < -0.4 is 10.6 Å². The minimum Gasteiger partial charge on any atom is -0.481 e. The van der Waals surface area contributed by atoms with Gasteiger partial charge in [0.25, 0.3) is 0 Å². The molecule has 2 fully saturated rings. The van der Waals surface area contributed by atoms with Crippen LogP contribution in [0.15, 0.2) is 11.8 Å². The average molecular weight is 338 g/mol. The van der Waals surface area contributed by atoms with Gasteiger partial charge in [-0.3, -0.25) is 9.59 Å². The van der Waals surface area contributed by atoms with Crippen LogP contribution in [0.3, 0.4) is 0 Å². The molecule has 0 aromatic rings. The van der Waals surface area contributed by atoms with Gasteiger partial charge in [0.1, 0.15) is 0 Å². The summed E-state index contributed by atoms with van der Waals surface area (Å²) in [5.74, 6) is -0.720. The Labute approximate surface area is 146 Å². The largest absolute Gasteiger partial charge is 0.481 e. The van der Waals surface area contributed by atoms with Crippen LogP contribution in [0.1, 0.15) is 71.6 Å². The maximum atomic E-state index is 11.0. The van der Waals surface area contributed by atoms with E-state index in [9.17, 15) is 9.59 Å². The molecular weight excluding hydrogens is 304 g/mol. The van der Waals surface area contributed by atoms with E-state index in [1.807, 2.05) is 6.92 Å². The molecule has 0 spiro atoms. The molecular formula is C19H34N2O3. The molecule has 0 atom stereocenters. The van der Waals surface area contributed by atoms with E-state index in [0.29, 0.717) is 6.54 Å². The van der Waals surface area contributed by atoms with Crippen molar-refractivity contribution in [3.8, 4) is 0 Å². The standard InChI is InChI=1S/C14H23NO3.C5H11N/c1-11(8-12(2)16)15-10-14(9-13(17)18)6-4-3-5-7-14;1-2-4-6-5-3-1/h8,15H,3-7,9-10H2,1-2H3,(H,17,18);6H,1-5H2. The molecule has 0 aromatic heterocycles. The highest BCUT2D eigenvalue weighted by molar-refractivity contribution is 5.87. The highest BCUT2D eigenvalue weighted by atomic mass is 16.4. The van der Waals surface area contributed by atoms with Gasteiger partial charge in [0, 0.05) is 12.2 Å². The third-order valence-corrected chi connectivity index (χ3v) is 4.81. The fourth-order valence-electron chi connectivity index (χ4n) is 3.52. The molecule has 0 bridgehead atoms. The van der Waals surface area contributed by atoms with Crippen molar-refractivity contribution < 1.29 is 14.7 Å². The summed E-state index contributed by atoms with van der Waals surface area (Å²) in [5.41, 5.74) is 0.675. The summed E-state index contributed by atoms with van der Waals surface area (Å²) in [6, 6.07) is 0. The summed E-state index contributed by atoms with van der Waals surface area (Å²) in [4.78, 5) is 22.0. The third-order valence-electron chi connectivity index (χ3n) is 4.81. The van der Waals surface area contributed by atoms with Crippen molar-refractivity contribution in [1.82, 2.24) is 10.6 Å². The van der Waals surface area contributed by atoms with Crippen LogP contribution in [-0.4, -0.2) is 36.5 Å². The van der Waals surface area contributed by atoms with Gasteiger partial charge in [-0.1, -0.05) is 25.7 Å². The number of carbonyl (C=O) groups excluding carboxylic acids is 1. The molecule has 1 saturated heterocycles. The molecule has 0 amide bonds. The van der Waals surface area contributed by atoms with Gasteiger partial charge in [-0.2, -0.15) is 0 Å². The van der Waals surface area contributed by atoms with Crippen molar-refractivity contribution in [2.75, 3.05) is 19.6 Å². The molecule has 138 valence electrons. The van der Waals surface area contributed by atoms with Crippen LogP contribution in [0.4, 0.5) is 0 Å². The first-order valence-corrected chi connectivity index (χ1v) is 9.29. The molecule has 5 heteroatoms. The summed E-state index contributed by atoms with van der Waals surface area (Å²) in [6.45, 7) is 6.51.